The number of nitro groups is 1. The first-order valence-electron chi connectivity index (χ1n) is 7.20. The summed E-state index contributed by atoms with van der Waals surface area (Å²) >= 11 is 0. The van der Waals surface area contributed by atoms with Crippen molar-refractivity contribution in [3.63, 3.8) is 0 Å². The van der Waals surface area contributed by atoms with Gasteiger partial charge >= 0.3 is 5.69 Å². The van der Waals surface area contributed by atoms with E-state index < -0.39 is 4.92 Å². The van der Waals surface area contributed by atoms with Crippen molar-refractivity contribution in [2.24, 2.45) is 11.7 Å². The fourth-order valence-corrected chi connectivity index (χ4v) is 3.07. The molecule has 21 heavy (non-hydrogen) atoms. The van der Waals surface area contributed by atoms with Gasteiger partial charge in [0, 0.05) is 25.2 Å². The molecule has 0 bridgehead atoms. The average Bonchev–Trinajstić information content (AvgIpc) is 2.53. The van der Waals surface area contributed by atoms with E-state index in [9.17, 15) is 10.1 Å². The summed E-state index contributed by atoms with van der Waals surface area (Å²) in [6.07, 6.45) is 4.32. The minimum atomic E-state index is -0.404. The normalized spacial score (nSPS) is 21.9. The first-order chi connectivity index (χ1) is 10.1. The first kappa shape index (κ1) is 15.5. The van der Waals surface area contributed by atoms with E-state index in [-0.39, 0.29) is 11.7 Å². The molecule has 2 atom stereocenters. The Balaban J connectivity index is 2.35. The van der Waals surface area contributed by atoms with Crippen molar-refractivity contribution in [3.05, 3.63) is 22.2 Å². The Hall–Kier alpha value is -1.89. The number of hydrogen-bond acceptors (Lipinski definition) is 6. The summed E-state index contributed by atoms with van der Waals surface area (Å²) in [6, 6.07) is 3.14. The summed E-state index contributed by atoms with van der Waals surface area (Å²) in [5, 5.41) is 11.2. The molecule has 2 rings (SSSR count). The highest BCUT2D eigenvalue weighted by molar-refractivity contribution is 5.59. The lowest BCUT2D eigenvalue weighted by Crippen LogP contribution is -2.43. The molecule has 1 saturated carbocycles. The standard InChI is InChI=1S/C14H22N4O3/c1-17(11-6-4-3-5-10(11)9-15)14-12(18(19)20)7-8-13(16-14)21-2/h7-8,10-11H,3-6,9,15H2,1-2H3. The SMILES string of the molecule is COc1ccc([N+](=O)[O-])c(N(C)C2CCCCC2CN)n1. The lowest BCUT2D eigenvalue weighted by atomic mass is 9.83. The van der Waals surface area contributed by atoms with Crippen molar-refractivity contribution in [1.29, 1.82) is 0 Å². The molecule has 1 aromatic rings. The van der Waals surface area contributed by atoms with Crippen LogP contribution in [0.2, 0.25) is 0 Å². The third-order valence-electron chi connectivity index (χ3n) is 4.24. The van der Waals surface area contributed by atoms with Gasteiger partial charge in [0.2, 0.25) is 11.7 Å². The predicted molar refractivity (Wildman–Crippen MR) is 80.6 cm³/mol. The molecule has 1 aromatic heterocycles. The van der Waals surface area contributed by atoms with Gasteiger partial charge in [-0.2, -0.15) is 4.98 Å². The van der Waals surface area contributed by atoms with Crippen LogP contribution in [-0.4, -0.2) is 36.7 Å². The second-order valence-electron chi connectivity index (χ2n) is 5.41. The Kier molecular flexibility index (Phi) is 4.95. The van der Waals surface area contributed by atoms with E-state index in [1.807, 2.05) is 11.9 Å². The lowest BCUT2D eigenvalue weighted by Gasteiger charge is -2.37. The molecule has 1 aliphatic carbocycles. The third kappa shape index (κ3) is 3.24. The van der Waals surface area contributed by atoms with Gasteiger partial charge in [0.15, 0.2) is 0 Å². The van der Waals surface area contributed by atoms with Crippen LogP contribution in [0.5, 0.6) is 5.88 Å². The number of rotatable bonds is 5. The number of nitrogens with zero attached hydrogens (tertiary/aromatic N) is 3. The molecule has 0 saturated heterocycles. The molecule has 0 amide bonds. The number of pyridine rings is 1. The van der Waals surface area contributed by atoms with Crippen LogP contribution in [0.15, 0.2) is 12.1 Å². The second-order valence-corrected chi connectivity index (χ2v) is 5.41. The van der Waals surface area contributed by atoms with Crippen molar-refractivity contribution in [3.8, 4) is 5.88 Å². The van der Waals surface area contributed by atoms with Crippen LogP contribution in [-0.2, 0) is 0 Å². The van der Waals surface area contributed by atoms with Crippen molar-refractivity contribution in [2.45, 2.75) is 31.7 Å². The Labute approximate surface area is 124 Å². The summed E-state index contributed by atoms with van der Waals surface area (Å²) in [5.74, 6) is 1.07. The summed E-state index contributed by atoms with van der Waals surface area (Å²) in [7, 11) is 3.36. The van der Waals surface area contributed by atoms with Crippen molar-refractivity contribution < 1.29 is 9.66 Å². The zero-order valence-corrected chi connectivity index (χ0v) is 12.5. The van der Waals surface area contributed by atoms with E-state index >= 15 is 0 Å². The maximum absolute atomic E-state index is 11.2. The van der Waals surface area contributed by atoms with Gasteiger partial charge in [0.1, 0.15) is 0 Å². The van der Waals surface area contributed by atoms with E-state index in [4.69, 9.17) is 10.5 Å². The van der Waals surface area contributed by atoms with Gasteiger partial charge in [-0.25, -0.2) is 0 Å². The van der Waals surface area contributed by atoms with Crippen LogP contribution in [0, 0.1) is 16.0 Å². The predicted octanol–water partition coefficient (Wildman–Crippen LogP) is 1.95. The monoisotopic (exact) mass is 294 g/mol. The fourth-order valence-electron chi connectivity index (χ4n) is 3.07. The largest absolute Gasteiger partial charge is 0.481 e. The summed E-state index contributed by atoms with van der Waals surface area (Å²) in [4.78, 5) is 17.0. The Bertz CT molecular complexity index is 509. The van der Waals surface area contributed by atoms with Crippen LogP contribution in [0.3, 0.4) is 0 Å². The maximum Gasteiger partial charge on any atom is 0.311 e. The van der Waals surface area contributed by atoms with Gasteiger partial charge in [0.05, 0.1) is 12.0 Å². The van der Waals surface area contributed by atoms with Crippen LogP contribution >= 0.6 is 0 Å². The molecule has 0 aromatic carbocycles. The summed E-state index contributed by atoms with van der Waals surface area (Å²) in [6.45, 7) is 0.590. The molecular weight excluding hydrogens is 272 g/mol. The lowest BCUT2D eigenvalue weighted by molar-refractivity contribution is -0.384. The highest BCUT2D eigenvalue weighted by Gasteiger charge is 2.31. The molecule has 1 heterocycles. The quantitative estimate of drug-likeness (QED) is 0.659. The Morgan fingerprint density at radius 1 is 1.48 bits per heavy atom. The van der Waals surface area contributed by atoms with Crippen LogP contribution in [0.1, 0.15) is 25.7 Å². The van der Waals surface area contributed by atoms with E-state index in [1.165, 1.54) is 25.7 Å². The zero-order valence-electron chi connectivity index (χ0n) is 12.5. The molecule has 2 unspecified atom stereocenters. The third-order valence-corrected chi connectivity index (χ3v) is 4.24. The maximum atomic E-state index is 11.2. The molecule has 7 heteroatoms. The van der Waals surface area contributed by atoms with Gasteiger partial charge < -0.3 is 15.4 Å². The van der Waals surface area contributed by atoms with Crippen LogP contribution in [0.25, 0.3) is 0 Å². The van der Waals surface area contributed by atoms with Crippen molar-refractivity contribution >= 4 is 11.5 Å². The topological polar surface area (TPSA) is 94.5 Å². The zero-order chi connectivity index (χ0) is 15.4. The Morgan fingerprint density at radius 2 is 2.19 bits per heavy atom. The molecular formula is C14H22N4O3. The van der Waals surface area contributed by atoms with Gasteiger partial charge in [-0.1, -0.05) is 12.8 Å². The fraction of sp³-hybridized carbons (Fsp3) is 0.643. The number of aromatic nitrogens is 1. The van der Waals surface area contributed by atoms with E-state index in [0.29, 0.717) is 24.2 Å². The highest BCUT2D eigenvalue weighted by atomic mass is 16.6. The molecule has 0 spiro atoms. The smallest absolute Gasteiger partial charge is 0.311 e. The molecule has 1 fully saturated rings. The minimum Gasteiger partial charge on any atom is -0.481 e. The second kappa shape index (κ2) is 6.71. The van der Waals surface area contributed by atoms with Crippen molar-refractivity contribution in [1.82, 2.24) is 4.98 Å². The van der Waals surface area contributed by atoms with E-state index in [1.54, 1.807) is 0 Å². The summed E-state index contributed by atoms with van der Waals surface area (Å²) in [5.41, 5.74) is 5.86. The van der Waals surface area contributed by atoms with Gasteiger partial charge in [-0.3, -0.25) is 10.1 Å². The molecule has 116 valence electrons. The number of hydrogen-bond donors (Lipinski definition) is 1. The molecule has 0 radical (unpaired) electrons. The number of anilines is 1. The molecule has 1 aliphatic rings. The van der Waals surface area contributed by atoms with Gasteiger partial charge in [-0.15, -0.1) is 0 Å². The molecule has 0 aliphatic heterocycles. The van der Waals surface area contributed by atoms with Crippen LogP contribution < -0.4 is 15.4 Å². The average molecular weight is 294 g/mol. The van der Waals surface area contributed by atoms with Gasteiger partial charge in [0.25, 0.3) is 0 Å². The minimum absolute atomic E-state index is 0.000329. The van der Waals surface area contributed by atoms with Crippen molar-refractivity contribution in [2.75, 3.05) is 25.6 Å². The van der Waals surface area contributed by atoms with E-state index in [2.05, 4.69) is 4.98 Å². The first-order valence-corrected chi connectivity index (χ1v) is 7.20. The highest BCUT2D eigenvalue weighted by Crippen LogP contribution is 2.34. The van der Waals surface area contributed by atoms with Crippen LogP contribution in [0.4, 0.5) is 11.5 Å². The number of methoxy groups -OCH3 is 1. The summed E-state index contributed by atoms with van der Waals surface area (Å²) < 4.78 is 5.10. The molecule has 2 N–H and O–H groups in total. The number of nitrogens with two attached hydrogens (primary N) is 1. The number of ether oxygens (including phenoxy) is 1. The molecule has 7 nitrogen and oxygen atoms in total. The Morgan fingerprint density at radius 3 is 2.81 bits per heavy atom. The van der Waals surface area contributed by atoms with E-state index in [0.717, 1.165) is 19.3 Å². The van der Waals surface area contributed by atoms with Gasteiger partial charge in [-0.05, 0) is 25.3 Å².